The van der Waals surface area contributed by atoms with Crippen molar-refractivity contribution in [2.45, 2.75) is 6.42 Å². The number of hydrogen-bond donors (Lipinski definition) is 2. The van der Waals surface area contributed by atoms with Crippen molar-refractivity contribution in [2.75, 3.05) is 54.8 Å². The van der Waals surface area contributed by atoms with Crippen molar-refractivity contribution >= 4 is 40.3 Å². The zero-order valence-electron chi connectivity index (χ0n) is 19.9. The average Bonchev–Trinajstić information content (AvgIpc) is 2.86. The number of nitrogens with one attached hydrogen (secondary N) is 2. The van der Waals surface area contributed by atoms with Crippen molar-refractivity contribution in [2.24, 2.45) is 0 Å². The first-order valence-corrected chi connectivity index (χ1v) is 12.2. The van der Waals surface area contributed by atoms with Gasteiger partial charge in [-0.2, -0.15) is 0 Å². The van der Waals surface area contributed by atoms with E-state index in [0.29, 0.717) is 18.3 Å². The predicted molar refractivity (Wildman–Crippen MR) is 141 cm³/mol. The fourth-order valence-corrected chi connectivity index (χ4v) is 4.42. The summed E-state index contributed by atoms with van der Waals surface area (Å²) in [6, 6.07) is 14.4. The third kappa shape index (κ3) is 7.14. The van der Waals surface area contributed by atoms with E-state index in [1.807, 2.05) is 18.2 Å². The Bertz CT molecular complexity index is 1260. The van der Waals surface area contributed by atoms with Crippen LogP contribution in [-0.2, 0) is 0 Å². The van der Waals surface area contributed by atoms with Crippen molar-refractivity contribution in [1.29, 1.82) is 0 Å². The Morgan fingerprint density at radius 1 is 1.00 bits per heavy atom. The van der Waals surface area contributed by atoms with Gasteiger partial charge in [-0.05, 0) is 55.4 Å². The van der Waals surface area contributed by atoms with Gasteiger partial charge in [0.2, 0.25) is 0 Å². The zero-order chi connectivity index (χ0) is 26.4. The molecule has 8 nitrogen and oxygen atoms in total. The van der Waals surface area contributed by atoms with Crippen LogP contribution in [0.25, 0.3) is 0 Å². The lowest BCUT2D eigenvalue weighted by molar-refractivity contribution is -0.384. The molecule has 0 aromatic heterocycles. The minimum atomic E-state index is -0.844. The van der Waals surface area contributed by atoms with E-state index >= 15 is 0 Å². The average molecular weight is 530 g/mol. The van der Waals surface area contributed by atoms with Crippen molar-refractivity contribution in [3.05, 3.63) is 93.0 Å². The number of carbonyl (C=O) groups excluding carboxylic acids is 1. The maximum atomic E-state index is 13.4. The summed E-state index contributed by atoms with van der Waals surface area (Å²) in [5.74, 6) is -2.40. The highest BCUT2D eigenvalue weighted by molar-refractivity contribution is 6.30. The monoisotopic (exact) mass is 529 g/mol. The van der Waals surface area contributed by atoms with Gasteiger partial charge in [-0.15, -0.1) is 0 Å². The van der Waals surface area contributed by atoms with Crippen LogP contribution in [-0.4, -0.2) is 55.0 Å². The maximum Gasteiger partial charge on any atom is 0.293 e. The molecule has 3 aromatic carbocycles. The molecule has 0 saturated carbocycles. The minimum absolute atomic E-state index is 0.000469. The van der Waals surface area contributed by atoms with E-state index in [0.717, 1.165) is 68.1 Å². The number of anilines is 3. The second-order valence-corrected chi connectivity index (χ2v) is 9.13. The van der Waals surface area contributed by atoms with Crippen LogP contribution in [0.3, 0.4) is 0 Å². The zero-order valence-corrected chi connectivity index (χ0v) is 20.7. The minimum Gasteiger partial charge on any atom is -0.379 e. The van der Waals surface area contributed by atoms with Crippen LogP contribution in [0, 0.1) is 21.7 Å². The van der Waals surface area contributed by atoms with Gasteiger partial charge < -0.3 is 15.5 Å². The Kier molecular flexibility index (Phi) is 8.52. The standard InChI is InChI=1S/C26H26ClF2N5O3/c27-19-3-1-4-23(14-19)33-11-9-32(10-12-33)8-2-7-30-24-6-5-18(13-25(24)34(36)37)26(35)31-22-16-20(28)15-21(29)17-22/h1,3-6,13-17,30H,2,7-12H2,(H,31,35). The maximum absolute atomic E-state index is 13.4. The van der Waals surface area contributed by atoms with Gasteiger partial charge in [0.15, 0.2) is 0 Å². The van der Waals surface area contributed by atoms with Crippen LogP contribution >= 0.6 is 11.6 Å². The summed E-state index contributed by atoms with van der Waals surface area (Å²) in [5, 5.41) is 17.8. The van der Waals surface area contributed by atoms with Gasteiger partial charge in [0.25, 0.3) is 11.6 Å². The Labute approximate surface area is 218 Å². The van der Waals surface area contributed by atoms with Crippen molar-refractivity contribution in [3.8, 4) is 0 Å². The molecule has 2 N–H and O–H groups in total. The number of benzene rings is 3. The molecule has 1 fully saturated rings. The smallest absolute Gasteiger partial charge is 0.293 e. The molecule has 1 aliphatic heterocycles. The predicted octanol–water partition coefficient (Wildman–Crippen LogP) is 5.40. The number of hydrogen-bond acceptors (Lipinski definition) is 6. The molecule has 1 saturated heterocycles. The van der Waals surface area contributed by atoms with Crippen LogP contribution in [0.4, 0.5) is 31.5 Å². The number of piperazine rings is 1. The molecule has 0 unspecified atom stereocenters. The summed E-state index contributed by atoms with van der Waals surface area (Å²) < 4.78 is 26.7. The fraction of sp³-hybridized carbons (Fsp3) is 0.269. The summed E-state index contributed by atoms with van der Waals surface area (Å²) in [6.45, 7) is 4.96. The Hall–Kier alpha value is -3.76. The van der Waals surface area contributed by atoms with Crippen molar-refractivity contribution in [1.82, 2.24) is 4.90 Å². The van der Waals surface area contributed by atoms with E-state index in [-0.39, 0.29) is 16.9 Å². The van der Waals surface area contributed by atoms with Crippen LogP contribution in [0.2, 0.25) is 5.02 Å². The number of nitro groups is 1. The van der Waals surface area contributed by atoms with E-state index in [1.165, 1.54) is 12.1 Å². The van der Waals surface area contributed by atoms with Gasteiger partial charge in [-0.25, -0.2) is 8.78 Å². The Balaban J connectivity index is 1.27. The summed E-state index contributed by atoms with van der Waals surface area (Å²) in [4.78, 5) is 28.2. The number of carbonyl (C=O) groups is 1. The summed E-state index contributed by atoms with van der Waals surface area (Å²) in [5.41, 5.74) is 1.07. The van der Waals surface area contributed by atoms with Gasteiger partial charge in [-0.1, -0.05) is 17.7 Å². The lowest BCUT2D eigenvalue weighted by Gasteiger charge is -2.36. The highest BCUT2D eigenvalue weighted by atomic mass is 35.5. The normalized spacial score (nSPS) is 13.9. The largest absolute Gasteiger partial charge is 0.379 e. The van der Waals surface area contributed by atoms with E-state index in [9.17, 15) is 23.7 Å². The summed E-state index contributed by atoms with van der Waals surface area (Å²) in [6.07, 6.45) is 0.779. The van der Waals surface area contributed by atoms with Crippen LogP contribution < -0.4 is 15.5 Å². The molecule has 1 heterocycles. The lowest BCUT2D eigenvalue weighted by Crippen LogP contribution is -2.46. The molecule has 0 bridgehead atoms. The summed E-state index contributed by atoms with van der Waals surface area (Å²) >= 11 is 6.09. The molecule has 0 aliphatic carbocycles. The summed E-state index contributed by atoms with van der Waals surface area (Å²) in [7, 11) is 0. The number of rotatable bonds is 9. The second kappa shape index (κ2) is 12.0. The molecular formula is C26H26ClF2N5O3. The molecule has 1 amide bonds. The molecule has 194 valence electrons. The van der Waals surface area contributed by atoms with Crippen LogP contribution in [0.1, 0.15) is 16.8 Å². The highest BCUT2D eigenvalue weighted by Gasteiger charge is 2.19. The van der Waals surface area contributed by atoms with Crippen molar-refractivity contribution < 1.29 is 18.5 Å². The Morgan fingerprint density at radius 2 is 1.73 bits per heavy atom. The van der Waals surface area contributed by atoms with Gasteiger partial charge in [0, 0.05) is 66.8 Å². The number of amides is 1. The number of nitrogens with zero attached hydrogens (tertiary/aromatic N) is 3. The molecule has 11 heteroatoms. The van der Waals surface area contributed by atoms with Gasteiger partial charge in [0.1, 0.15) is 17.3 Å². The molecular weight excluding hydrogens is 504 g/mol. The number of nitro benzene ring substituents is 1. The van der Waals surface area contributed by atoms with E-state index < -0.39 is 22.5 Å². The molecule has 3 aromatic rings. The van der Waals surface area contributed by atoms with Crippen molar-refractivity contribution in [3.63, 3.8) is 0 Å². The Morgan fingerprint density at radius 3 is 2.41 bits per heavy atom. The molecule has 0 spiro atoms. The van der Waals surface area contributed by atoms with E-state index in [1.54, 1.807) is 0 Å². The van der Waals surface area contributed by atoms with Gasteiger partial charge in [0.05, 0.1) is 4.92 Å². The third-order valence-electron chi connectivity index (χ3n) is 6.09. The molecule has 0 radical (unpaired) electrons. The molecule has 1 aliphatic rings. The number of halogens is 3. The van der Waals surface area contributed by atoms with Crippen LogP contribution in [0.5, 0.6) is 0 Å². The molecule has 37 heavy (non-hydrogen) atoms. The highest BCUT2D eigenvalue weighted by Crippen LogP contribution is 2.26. The van der Waals surface area contributed by atoms with E-state index in [2.05, 4.69) is 26.5 Å². The quantitative estimate of drug-likeness (QED) is 0.219. The van der Waals surface area contributed by atoms with Gasteiger partial charge >= 0.3 is 0 Å². The first-order valence-electron chi connectivity index (χ1n) is 11.8. The SMILES string of the molecule is O=C(Nc1cc(F)cc(F)c1)c1ccc(NCCCN2CCN(c3cccc(Cl)c3)CC2)c([N+](=O)[O-])c1. The van der Waals surface area contributed by atoms with Crippen LogP contribution in [0.15, 0.2) is 60.7 Å². The lowest BCUT2D eigenvalue weighted by atomic mass is 10.1. The fourth-order valence-electron chi connectivity index (χ4n) is 4.23. The molecule has 4 rings (SSSR count). The van der Waals surface area contributed by atoms with Gasteiger partial charge in [-0.3, -0.25) is 19.8 Å². The third-order valence-corrected chi connectivity index (χ3v) is 6.32. The second-order valence-electron chi connectivity index (χ2n) is 8.69. The van der Waals surface area contributed by atoms with E-state index in [4.69, 9.17) is 11.6 Å². The molecule has 0 atom stereocenters. The first kappa shape index (κ1) is 26.3. The first-order chi connectivity index (χ1) is 17.8. The topological polar surface area (TPSA) is 90.8 Å².